The summed E-state index contributed by atoms with van der Waals surface area (Å²) in [7, 11) is -3.57. The standard InChI is InChI=1S/C11H14N4O2S/c12-8-9-7-10(13)3-4-11(9)14-18(16,17)15-5-1-2-6-15/h3-4,7,14H,1-2,5-6,13H2. The molecule has 1 aromatic carbocycles. The lowest BCUT2D eigenvalue weighted by Crippen LogP contribution is -2.33. The first-order valence-electron chi connectivity index (χ1n) is 5.60. The Labute approximate surface area is 106 Å². The molecule has 6 nitrogen and oxygen atoms in total. The van der Waals surface area contributed by atoms with Crippen LogP contribution in [0.1, 0.15) is 18.4 Å². The Morgan fingerprint density at radius 1 is 1.33 bits per heavy atom. The maximum Gasteiger partial charge on any atom is 0.301 e. The second-order valence-electron chi connectivity index (χ2n) is 4.13. The minimum atomic E-state index is -3.57. The third-order valence-corrected chi connectivity index (χ3v) is 4.33. The Kier molecular flexibility index (Phi) is 3.41. The van der Waals surface area contributed by atoms with E-state index in [1.54, 1.807) is 6.07 Å². The highest BCUT2D eigenvalue weighted by Gasteiger charge is 2.25. The van der Waals surface area contributed by atoms with Crippen molar-refractivity contribution in [2.75, 3.05) is 23.5 Å². The normalized spacial score (nSPS) is 16.4. The molecular weight excluding hydrogens is 252 g/mol. The maximum absolute atomic E-state index is 12.0. The van der Waals surface area contributed by atoms with Gasteiger partial charge in [0.1, 0.15) is 6.07 Å². The molecule has 0 bridgehead atoms. The molecule has 0 amide bonds. The molecule has 0 spiro atoms. The fourth-order valence-electron chi connectivity index (χ4n) is 1.88. The lowest BCUT2D eigenvalue weighted by molar-refractivity contribution is 0.482. The van der Waals surface area contributed by atoms with Crippen molar-refractivity contribution in [1.29, 1.82) is 5.26 Å². The van der Waals surface area contributed by atoms with Crippen molar-refractivity contribution in [2.24, 2.45) is 0 Å². The summed E-state index contributed by atoms with van der Waals surface area (Å²) >= 11 is 0. The van der Waals surface area contributed by atoms with E-state index in [2.05, 4.69) is 4.72 Å². The summed E-state index contributed by atoms with van der Waals surface area (Å²) in [5.74, 6) is 0. The van der Waals surface area contributed by atoms with Gasteiger partial charge in [-0.2, -0.15) is 18.0 Å². The molecule has 96 valence electrons. The predicted octanol–water partition coefficient (Wildman–Crippen LogP) is 0.893. The van der Waals surface area contributed by atoms with Gasteiger partial charge < -0.3 is 5.73 Å². The van der Waals surface area contributed by atoms with Crippen LogP contribution in [0.2, 0.25) is 0 Å². The number of nitrogens with two attached hydrogens (primary N) is 1. The maximum atomic E-state index is 12.0. The quantitative estimate of drug-likeness (QED) is 0.794. The van der Waals surface area contributed by atoms with Crippen LogP contribution in [0.5, 0.6) is 0 Å². The van der Waals surface area contributed by atoms with Crippen molar-refractivity contribution >= 4 is 21.6 Å². The Balaban J connectivity index is 2.26. The van der Waals surface area contributed by atoms with Gasteiger partial charge >= 0.3 is 10.2 Å². The minimum absolute atomic E-state index is 0.220. The zero-order valence-corrected chi connectivity index (χ0v) is 10.6. The third-order valence-electron chi connectivity index (χ3n) is 2.81. The van der Waals surface area contributed by atoms with E-state index in [1.165, 1.54) is 16.4 Å². The lowest BCUT2D eigenvalue weighted by Gasteiger charge is -2.17. The summed E-state index contributed by atoms with van der Waals surface area (Å²) in [6, 6.07) is 6.43. The topological polar surface area (TPSA) is 99.2 Å². The van der Waals surface area contributed by atoms with E-state index in [0.717, 1.165) is 12.8 Å². The van der Waals surface area contributed by atoms with Gasteiger partial charge in [0, 0.05) is 18.8 Å². The number of nitrogen functional groups attached to an aromatic ring is 1. The van der Waals surface area contributed by atoms with E-state index in [1.807, 2.05) is 6.07 Å². The summed E-state index contributed by atoms with van der Waals surface area (Å²) in [6.45, 7) is 1.04. The average molecular weight is 266 g/mol. The van der Waals surface area contributed by atoms with Gasteiger partial charge in [-0.1, -0.05) is 0 Å². The molecule has 18 heavy (non-hydrogen) atoms. The summed E-state index contributed by atoms with van der Waals surface area (Å²) < 4.78 is 27.9. The van der Waals surface area contributed by atoms with E-state index in [9.17, 15) is 8.42 Å². The largest absolute Gasteiger partial charge is 0.399 e. The molecule has 1 saturated heterocycles. The van der Waals surface area contributed by atoms with Gasteiger partial charge in [0.25, 0.3) is 0 Å². The molecule has 1 aromatic rings. The van der Waals surface area contributed by atoms with Crippen LogP contribution in [-0.2, 0) is 10.2 Å². The molecule has 3 N–H and O–H groups in total. The van der Waals surface area contributed by atoms with Crippen LogP contribution >= 0.6 is 0 Å². The zero-order valence-electron chi connectivity index (χ0n) is 9.76. The van der Waals surface area contributed by atoms with E-state index in [-0.39, 0.29) is 11.3 Å². The number of nitrogens with zero attached hydrogens (tertiary/aromatic N) is 2. The average Bonchev–Trinajstić information content (AvgIpc) is 2.85. The number of rotatable bonds is 3. The first-order chi connectivity index (χ1) is 8.53. The van der Waals surface area contributed by atoms with E-state index >= 15 is 0 Å². The fraction of sp³-hybridized carbons (Fsp3) is 0.364. The molecule has 2 rings (SSSR count). The van der Waals surface area contributed by atoms with E-state index < -0.39 is 10.2 Å². The van der Waals surface area contributed by atoms with Gasteiger partial charge in [-0.05, 0) is 31.0 Å². The summed E-state index contributed by atoms with van der Waals surface area (Å²) in [5.41, 5.74) is 6.46. The molecule has 0 unspecified atom stereocenters. The van der Waals surface area contributed by atoms with Gasteiger partial charge in [-0.15, -0.1) is 0 Å². The van der Waals surface area contributed by atoms with Crippen LogP contribution < -0.4 is 10.5 Å². The highest BCUT2D eigenvalue weighted by atomic mass is 32.2. The van der Waals surface area contributed by atoms with E-state index in [4.69, 9.17) is 11.0 Å². The fourth-order valence-corrected chi connectivity index (χ4v) is 3.20. The summed E-state index contributed by atoms with van der Waals surface area (Å²) in [4.78, 5) is 0. The molecule has 0 atom stereocenters. The lowest BCUT2D eigenvalue weighted by atomic mass is 10.2. The molecule has 0 saturated carbocycles. The molecule has 0 aliphatic carbocycles. The predicted molar refractivity (Wildman–Crippen MR) is 68.9 cm³/mol. The Morgan fingerprint density at radius 2 is 2.00 bits per heavy atom. The number of anilines is 2. The van der Waals surface area contributed by atoms with Crippen molar-refractivity contribution in [3.63, 3.8) is 0 Å². The van der Waals surface area contributed by atoms with Gasteiger partial charge in [0.2, 0.25) is 0 Å². The zero-order chi connectivity index (χ0) is 13.2. The van der Waals surface area contributed by atoms with Gasteiger partial charge in [-0.3, -0.25) is 4.72 Å². The highest BCUT2D eigenvalue weighted by molar-refractivity contribution is 7.90. The van der Waals surface area contributed by atoms with Crippen molar-refractivity contribution in [3.8, 4) is 6.07 Å². The minimum Gasteiger partial charge on any atom is -0.399 e. The third kappa shape index (κ3) is 2.55. The molecule has 1 heterocycles. The van der Waals surface area contributed by atoms with Crippen molar-refractivity contribution in [3.05, 3.63) is 23.8 Å². The van der Waals surface area contributed by atoms with Crippen LogP contribution in [0.3, 0.4) is 0 Å². The molecule has 1 fully saturated rings. The van der Waals surface area contributed by atoms with Gasteiger partial charge in [0.05, 0.1) is 11.3 Å². The van der Waals surface area contributed by atoms with Crippen LogP contribution in [-0.4, -0.2) is 25.8 Å². The summed E-state index contributed by atoms with van der Waals surface area (Å²) in [6.07, 6.45) is 1.74. The van der Waals surface area contributed by atoms with Gasteiger partial charge in [0.15, 0.2) is 0 Å². The van der Waals surface area contributed by atoms with Crippen LogP contribution in [0.25, 0.3) is 0 Å². The highest BCUT2D eigenvalue weighted by Crippen LogP contribution is 2.21. The van der Waals surface area contributed by atoms with Crippen molar-refractivity contribution in [2.45, 2.75) is 12.8 Å². The Morgan fingerprint density at radius 3 is 2.61 bits per heavy atom. The molecule has 1 aliphatic rings. The molecule has 0 aromatic heterocycles. The molecular formula is C11H14N4O2S. The second-order valence-corrected chi connectivity index (χ2v) is 5.80. The van der Waals surface area contributed by atoms with Gasteiger partial charge in [-0.25, -0.2) is 0 Å². The van der Waals surface area contributed by atoms with Crippen LogP contribution in [0, 0.1) is 11.3 Å². The van der Waals surface area contributed by atoms with Crippen LogP contribution in [0.4, 0.5) is 11.4 Å². The first kappa shape index (κ1) is 12.7. The second kappa shape index (κ2) is 4.84. The number of benzene rings is 1. The first-order valence-corrected chi connectivity index (χ1v) is 7.04. The molecule has 7 heteroatoms. The van der Waals surface area contributed by atoms with E-state index in [0.29, 0.717) is 18.8 Å². The monoisotopic (exact) mass is 266 g/mol. The molecule has 1 aliphatic heterocycles. The number of hydrogen-bond donors (Lipinski definition) is 2. The van der Waals surface area contributed by atoms with Crippen LogP contribution in [0.15, 0.2) is 18.2 Å². The number of nitriles is 1. The molecule has 0 radical (unpaired) electrons. The van der Waals surface area contributed by atoms with Crippen molar-refractivity contribution < 1.29 is 8.42 Å². The van der Waals surface area contributed by atoms with Crippen molar-refractivity contribution in [1.82, 2.24) is 4.31 Å². The number of nitrogens with one attached hydrogen (secondary N) is 1. The summed E-state index contributed by atoms with van der Waals surface area (Å²) in [5, 5.41) is 8.95. The Hall–Kier alpha value is -1.78. The number of hydrogen-bond acceptors (Lipinski definition) is 4. The Bertz CT molecular complexity index is 586. The SMILES string of the molecule is N#Cc1cc(N)ccc1NS(=O)(=O)N1CCCC1. The smallest absolute Gasteiger partial charge is 0.301 e.